The maximum atomic E-state index is 12.8. The standard InChI is InChI=1S/C21H21Cl2N3O/c1-15(2)21(27)26(18-6-4-3-5-7-18)14-20-24-10-11-25(20)13-16-8-9-17(22)12-19(16)23/h3-12,15H,13-14H2,1-2H3. The second-order valence-electron chi connectivity index (χ2n) is 6.62. The third-order valence-corrected chi connectivity index (χ3v) is 4.87. The Balaban J connectivity index is 1.88. The number of amides is 1. The lowest BCUT2D eigenvalue weighted by Gasteiger charge is -2.25. The molecule has 0 aliphatic carbocycles. The van der Waals surface area contributed by atoms with Crippen LogP contribution in [-0.4, -0.2) is 15.5 Å². The molecule has 0 atom stereocenters. The highest BCUT2D eigenvalue weighted by Crippen LogP contribution is 2.23. The highest BCUT2D eigenvalue weighted by Gasteiger charge is 2.21. The second kappa shape index (κ2) is 8.59. The number of carbonyl (C=O) groups excluding carboxylic acids is 1. The van der Waals surface area contributed by atoms with E-state index in [1.807, 2.05) is 67.1 Å². The van der Waals surface area contributed by atoms with Gasteiger partial charge in [-0.2, -0.15) is 0 Å². The first kappa shape index (κ1) is 19.5. The normalized spacial score (nSPS) is 11.0. The van der Waals surface area contributed by atoms with E-state index in [0.29, 0.717) is 23.1 Å². The first-order valence-electron chi connectivity index (χ1n) is 8.76. The number of imidazole rings is 1. The molecule has 4 nitrogen and oxygen atoms in total. The van der Waals surface area contributed by atoms with Gasteiger partial charge in [-0.25, -0.2) is 4.98 Å². The molecular formula is C21H21Cl2N3O. The van der Waals surface area contributed by atoms with Gasteiger partial charge in [0.1, 0.15) is 5.82 Å². The average Bonchev–Trinajstić information content (AvgIpc) is 3.09. The van der Waals surface area contributed by atoms with Crippen molar-refractivity contribution in [3.05, 3.63) is 82.4 Å². The van der Waals surface area contributed by atoms with Crippen molar-refractivity contribution in [2.75, 3.05) is 4.90 Å². The van der Waals surface area contributed by atoms with Gasteiger partial charge in [-0.3, -0.25) is 4.79 Å². The molecule has 0 saturated carbocycles. The van der Waals surface area contributed by atoms with Crippen LogP contribution in [0.25, 0.3) is 0 Å². The molecule has 1 heterocycles. The summed E-state index contributed by atoms with van der Waals surface area (Å²) in [6, 6.07) is 15.1. The molecule has 0 spiro atoms. The summed E-state index contributed by atoms with van der Waals surface area (Å²) >= 11 is 12.3. The van der Waals surface area contributed by atoms with E-state index in [0.717, 1.165) is 17.1 Å². The van der Waals surface area contributed by atoms with Crippen molar-refractivity contribution in [3.8, 4) is 0 Å². The molecule has 0 unspecified atom stereocenters. The predicted octanol–water partition coefficient (Wildman–Crippen LogP) is 5.43. The van der Waals surface area contributed by atoms with Crippen molar-refractivity contribution < 1.29 is 4.79 Å². The van der Waals surface area contributed by atoms with Gasteiger partial charge in [-0.1, -0.05) is 61.3 Å². The molecule has 0 bridgehead atoms. The maximum Gasteiger partial charge on any atom is 0.229 e. The Hall–Kier alpha value is -2.30. The van der Waals surface area contributed by atoms with Crippen LogP contribution in [0.3, 0.4) is 0 Å². The SMILES string of the molecule is CC(C)C(=O)N(Cc1nccn1Cc1ccc(Cl)cc1Cl)c1ccccc1. The number of rotatable bonds is 6. The van der Waals surface area contributed by atoms with Gasteiger partial charge in [0.2, 0.25) is 5.91 Å². The van der Waals surface area contributed by atoms with Gasteiger partial charge in [0.25, 0.3) is 0 Å². The molecule has 0 fully saturated rings. The van der Waals surface area contributed by atoms with Crippen LogP contribution in [0.5, 0.6) is 0 Å². The molecule has 3 rings (SSSR count). The molecular weight excluding hydrogens is 381 g/mol. The summed E-state index contributed by atoms with van der Waals surface area (Å²) in [4.78, 5) is 19.0. The van der Waals surface area contributed by atoms with E-state index in [2.05, 4.69) is 4.98 Å². The molecule has 1 aromatic heterocycles. The Bertz CT molecular complexity index is 922. The van der Waals surface area contributed by atoms with E-state index < -0.39 is 0 Å². The number of carbonyl (C=O) groups is 1. The summed E-state index contributed by atoms with van der Waals surface area (Å²) in [5, 5.41) is 1.22. The van der Waals surface area contributed by atoms with Crippen LogP contribution in [0.4, 0.5) is 5.69 Å². The van der Waals surface area contributed by atoms with Crippen LogP contribution in [0, 0.1) is 5.92 Å². The number of aromatic nitrogens is 2. The Morgan fingerprint density at radius 3 is 2.56 bits per heavy atom. The highest BCUT2D eigenvalue weighted by atomic mass is 35.5. The summed E-state index contributed by atoms with van der Waals surface area (Å²) in [6.45, 7) is 4.75. The van der Waals surface area contributed by atoms with E-state index in [1.165, 1.54) is 0 Å². The minimum atomic E-state index is -0.112. The third-order valence-electron chi connectivity index (χ3n) is 4.28. The topological polar surface area (TPSA) is 38.1 Å². The largest absolute Gasteiger partial charge is 0.329 e. The van der Waals surface area contributed by atoms with Crippen LogP contribution < -0.4 is 4.90 Å². The van der Waals surface area contributed by atoms with E-state index in [9.17, 15) is 4.79 Å². The van der Waals surface area contributed by atoms with Gasteiger partial charge in [0.15, 0.2) is 0 Å². The number of halogens is 2. The minimum Gasteiger partial charge on any atom is -0.329 e. The quantitative estimate of drug-likeness (QED) is 0.552. The molecule has 27 heavy (non-hydrogen) atoms. The fourth-order valence-electron chi connectivity index (χ4n) is 2.83. The van der Waals surface area contributed by atoms with Gasteiger partial charge >= 0.3 is 0 Å². The summed E-state index contributed by atoms with van der Waals surface area (Å²) in [7, 11) is 0. The molecule has 0 aliphatic heterocycles. The molecule has 2 aromatic carbocycles. The van der Waals surface area contributed by atoms with Crippen molar-refractivity contribution in [1.29, 1.82) is 0 Å². The number of nitrogens with zero attached hydrogens (tertiary/aromatic N) is 3. The minimum absolute atomic E-state index is 0.0558. The van der Waals surface area contributed by atoms with E-state index >= 15 is 0 Å². The number of hydrogen-bond donors (Lipinski definition) is 0. The van der Waals surface area contributed by atoms with Gasteiger partial charge in [0, 0.05) is 34.0 Å². The number of anilines is 1. The van der Waals surface area contributed by atoms with Gasteiger partial charge in [-0.05, 0) is 29.8 Å². The molecule has 0 aliphatic rings. The summed E-state index contributed by atoms with van der Waals surface area (Å²) in [6.07, 6.45) is 3.63. The molecule has 1 amide bonds. The van der Waals surface area contributed by atoms with E-state index in [1.54, 1.807) is 17.2 Å². The Morgan fingerprint density at radius 1 is 1.15 bits per heavy atom. The van der Waals surface area contributed by atoms with E-state index in [4.69, 9.17) is 23.2 Å². The molecule has 140 valence electrons. The molecule has 3 aromatic rings. The van der Waals surface area contributed by atoms with Crippen molar-refractivity contribution in [1.82, 2.24) is 9.55 Å². The first-order valence-corrected chi connectivity index (χ1v) is 9.51. The predicted molar refractivity (Wildman–Crippen MR) is 110 cm³/mol. The Labute approximate surface area is 169 Å². The Kier molecular flexibility index (Phi) is 6.19. The van der Waals surface area contributed by atoms with Crippen LogP contribution >= 0.6 is 23.2 Å². The average molecular weight is 402 g/mol. The maximum absolute atomic E-state index is 12.8. The third kappa shape index (κ3) is 4.71. The smallest absolute Gasteiger partial charge is 0.229 e. The molecule has 0 N–H and O–H groups in total. The lowest BCUT2D eigenvalue weighted by atomic mass is 10.1. The van der Waals surface area contributed by atoms with Gasteiger partial charge in [-0.15, -0.1) is 0 Å². The van der Waals surface area contributed by atoms with E-state index in [-0.39, 0.29) is 11.8 Å². The van der Waals surface area contributed by atoms with Crippen molar-refractivity contribution in [2.24, 2.45) is 5.92 Å². The number of hydrogen-bond acceptors (Lipinski definition) is 2. The highest BCUT2D eigenvalue weighted by molar-refractivity contribution is 6.35. The monoisotopic (exact) mass is 401 g/mol. The van der Waals surface area contributed by atoms with Gasteiger partial charge in [0.05, 0.1) is 13.1 Å². The van der Waals surface area contributed by atoms with Crippen LogP contribution in [0.2, 0.25) is 10.0 Å². The molecule has 6 heteroatoms. The van der Waals surface area contributed by atoms with Crippen LogP contribution in [0.1, 0.15) is 25.2 Å². The zero-order chi connectivity index (χ0) is 19.4. The first-order chi connectivity index (χ1) is 13.0. The van der Waals surface area contributed by atoms with Crippen molar-refractivity contribution in [3.63, 3.8) is 0 Å². The van der Waals surface area contributed by atoms with Crippen LogP contribution in [0.15, 0.2) is 60.9 Å². The second-order valence-corrected chi connectivity index (χ2v) is 7.47. The van der Waals surface area contributed by atoms with Gasteiger partial charge < -0.3 is 9.47 Å². The molecule has 0 radical (unpaired) electrons. The fourth-order valence-corrected chi connectivity index (χ4v) is 3.29. The van der Waals surface area contributed by atoms with Crippen molar-refractivity contribution in [2.45, 2.75) is 26.9 Å². The summed E-state index contributed by atoms with van der Waals surface area (Å²) < 4.78 is 2.00. The lowest BCUT2D eigenvalue weighted by molar-refractivity contribution is -0.121. The number of benzene rings is 2. The van der Waals surface area contributed by atoms with Crippen LogP contribution in [-0.2, 0) is 17.9 Å². The molecule has 0 saturated heterocycles. The zero-order valence-electron chi connectivity index (χ0n) is 15.3. The number of para-hydroxylation sites is 1. The fraction of sp³-hybridized carbons (Fsp3) is 0.238. The van der Waals surface area contributed by atoms with Crippen molar-refractivity contribution >= 4 is 34.8 Å². The zero-order valence-corrected chi connectivity index (χ0v) is 16.8. The Morgan fingerprint density at radius 2 is 1.89 bits per heavy atom. The summed E-state index contributed by atoms with van der Waals surface area (Å²) in [5.74, 6) is 0.735. The summed E-state index contributed by atoms with van der Waals surface area (Å²) in [5.41, 5.74) is 1.80. The lowest BCUT2D eigenvalue weighted by Crippen LogP contribution is -2.34.